The van der Waals surface area contributed by atoms with E-state index in [1.54, 1.807) is 10.6 Å². The third-order valence-electron chi connectivity index (χ3n) is 5.40. The number of carbonyl (C=O) groups excluding carboxylic acids is 1. The number of nitrogens with zero attached hydrogens (tertiary/aromatic N) is 3. The number of amides is 1. The first-order valence-electron chi connectivity index (χ1n) is 10.9. The number of hydrogen-bond donors (Lipinski definition) is 1. The number of para-hydroxylation sites is 1. The zero-order valence-electron chi connectivity index (χ0n) is 19.9. The summed E-state index contributed by atoms with van der Waals surface area (Å²) in [5.74, 6) is 2.41. The summed E-state index contributed by atoms with van der Waals surface area (Å²) >= 11 is 0. The van der Waals surface area contributed by atoms with Crippen molar-refractivity contribution in [3.63, 3.8) is 0 Å². The number of benzene rings is 2. The predicted octanol–water partition coefficient (Wildman–Crippen LogP) is 6.38. The molecule has 0 aliphatic rings. The standard InChI is InChI=1S/C27H31N3O3/c1-7-16-30-22-11-9-8-10-21(22)24(25(30)32)29-28-23(31)17-33-20-14-12-19(13-15-20)27(5,6)18-26(2,3)4/h1,8-15,32H,16-18H2,2-6H3. The van der Waals surface area contributed by atoms with Gasteiger partial charge in [0, 0.05) is 5.39 Å². The molecule has 0 spiro atoms. The summed E-state index contributed by atoms with van der Waals surface area (Å²) in [5, 5.41) is 18.9. The van der Waals surface area contributed by atoms with Crippen LogP contribution in [0.25, 0.3) is 10.9 Å². The Hall–Kier alpha value is -3.59. The number of azo groups is 1. The van der Waals surface area contributed by atoms with E-state index in [-0.39, 0.29) is 35.5 Å². The van der Waals surface area contributed by atoms with Gasteiger partial charge in [-0.25, -0.2) is 0 Å². The molecule has 0 saturated carbocycles. The number of carbonyl (C=O) groups is 1. The van der Waals surface area contributed by atoms with E-state index >= 15 is 0 Å². The van der Waals surface area contributed by atoms with Gasteiger partial charge in [0.15, 0.2) is 12.3 Å². The van der Waals surface area contributed by atoms with Crippen molar-refractivity contribution < 1.29 is 14.6 Å². The summed E-state index contributed by atoms with van der Waals surface area (Å²) in [6.45, 7) is 11.1. The maximum atomic E-state index is 12.2. The Morgan fingerprint density at radius 2 is 1.76 bits per heavy atom. The molecule has 6 nitrogen and oxygen atoms in total. The first kappa shape index (κ1) is 24.1. The molecule has 0 radical (unpaired) electrons. The van der Waals surface area contributed by atoms with Crippen LogP contribution in [0.2, 0.25) is 0 Å². The highest BCUT2D eigenvalue weighted by Gasteiger charge is 2.27. The van der Waals surface area contributed by atoms with E-state index in [1.165, 1.54) is 5.56 Å². The minimum absolute atomic E-state index is 0.0292. The average molecular weight is 446 g/mol. The topological polar surface area (TPSA) is 76.2 Å². The Morgan fingerprint density at radius 1 is 1.09 bits per heavy atom. The normalized spacial score (nSPS) is 12.2. The van der Waals surface area contributed by atoms with Gasteiger partial charge in [0.25, 0.3) is 0 Å². The van der Waals surface area contributed by atoms with Gasteiger partial charge in [-0.1, -0.05) is 70.9 Å². The molecule has 0 aliphatic heterocycles. The maximum Gasteiger partial charge on any atom is 0.302 e. The van der Waals surface area contributed by atoms with Crippen LogP contribution in [0, 0.1) is 17.8 Å². The van der Waals surface area contributed by atoms with Crippen LogP contribution in [0.1, 0.15) is 46.6 Å². The molecule has 1 N–H and O–H groups in total. The number of ether oxygens (including phenoxy) is 1. The second-order valence-electron chi connectivity index (χ2n) is 10.0. The van der Waals surface area contributed by atoms with Gasteiger partial charge in [0.05, 0.1) is 12.1 Å². The third kappa shape index (κ3) is 5.81. The van der Waals surface area contributed by atoms with Gasteiger partial charge in [-0.3, -0.25) is 9.36 Å². The molecule has 1 amide bonds. The maximum absolute atomic E-state index is 12.2. The molecule has 2 aromatic carbocycles. The van der Waals surface area contributed by atoms with E-state index < -0.39 is 5.91 Å². The summed E-state index contributed by atoms with van der Waals surface area (Å²) in [7, 11) is 0. The Bertz CT molecular complexity index is 1210. The second-order valence-corrected chi connectivity index (χ2v) is 10.0. The van der Waals surface area contributed by atoms with Crippen molar-refractivity contribution in [3.05, 3.63) is 54.1 Å². The first-order chi connectivity index (χ1) is 15.5. The van der Waals surface area contributed by atoms with E-state index in [2.05, 4.69) is 50.8 Å². The van der Waals surface area contributed by atoms with Crippen LogP contribution in [-0.4, -0.2) is 22.2 Å². The van der Waals surface area contributed by atoms with Gasteiger partial charge < -0.3 is 9.84 Å². The van der Waals surface area contributed by atoms with Crippen molar-refractivity contribution in [1.82, 2.24) is 4.57 Å². The van der Waals surface area contributed by atoms with E-state index in [0.29, 0.717) is 11.1 Å². The van der Waals surface area contributed by atoms with Crippen LogP contribution in [0.4, 0.5) is 5.69 Å². The quantitative estimate of drug-likeness (QED) is 0.338. The van der Waals surface area contributed by atoms with Gasteiger partial charge in [0.2, 0.25) is 5.88 Å². The van der Waals surface area contributed by atoms with E-state index in [9.17, 15) is 9.90 Å². The Labute approximate surface area is 195 Å². The third-order valence-corrected chi connectivity index (χ3v) is 5.40. The predicted molar refractivity (Wildman–Crippen MR) is 131 cm³/mol. The van der Waals surface area contributed by atoms with Gasteiger partial charge in [-0.05, 0) is 41.0 Å². The number of aromatic nitrogens is 1. The average Bonchev–Trinajstić information content (AvgIpc) is 3.01. The number of fused-ring (bicyclic) bond motifs is 1. The number of hydrogen-bond acceptors (Lipinski definition) is 4. The summed E-state index contributed by atoms with van der Waals surface area (Å²) in [6, 6.07) is 15.1. The zero-order chi connectivity index (χ0) is 24.2. The number of rotatable bonds is 7. The molecule has 0 unspecified atom stereocenters. The molecule has 33 heavy (non-hydrogen) atoms. The molecule has 172 valence electrons. The largest absolute Gasteiger partial charge is 0.493 e. The van der Waals surface area contributed by atoms with Crippen LogP contribution in [0.5, 0.6) is 11.6 Å². The van der Waals surface area contributed by atoms with Crippen molar-refractivity contribution in [2.75, 3.05) is 6.61 Å². The van der Waals surface area contributed by atoms with Crippen molar-refractivity contribution in [3.8, 4) is 24.0 Å². The molecule has 0 saturated heterocycles. The molecule has 0 atom stereocenters. The minimum Gasteiger partial charge on any atom is -0.493 e. The highest BCUT2D eigenvalue weighted by Crippen LogP contribution is 2.39. The fraction of sp³-hybridized carbons (Fsp3) is 0.370. The lowest BCUT2D eigenvalue weighted by molar-refractivity contribution is -0.120. The molecule has 0 bridgehead atoms. The lowest BCUT2D eigenvalue weighted by atomic mass is 9.72. The Morgan fingerprint density at radius 3 is 2.39 bits per heavy atom. The van der Waals surface area contributed by atoms with Crippen molar-refractivity contribution in [2.24, 2.45) is 15.6 Å². The summed E-state index contributed by atoms with van der Waals surface area (Å²) in [5.41, 5.74) is 2.40. The highest BCUT2D eigenvalue weighted by molar-refractivity contribution is 5.95. The van der Waals surface area contributed by atoms with Gasteiger partial charge in [-0.15, -0.1) is 16.7 Å². The first-order valence-corrected chi connectivity index (χ1v) is 10.9. The van der Waals surface area contributed by atoms with Crippen molar-refractivity contribution in [2.45, 2.75) is 53.0 Å². The fourth-order valence-corrected chi connectivity index (χ4v) is 4.33. The molecular weight excluding hydrogens is 414 g/mol. The van der Waals surface area contributed by atoms with Crippen LogP contribution >= 0.6 is 0 Å². The van der Waals surface area contributed by atoms with Gasteiger partial charge in [0.1, 0.15) is 5.75 Å². The van der Waals surface area contributed by atoms with Gasteiger partial charge >= 0.3 is 5.91 Å². The molecule has 6 heteroatoms. The van der Waals surface area contributed by atoms with Crippen molar-refractivity contribution in [1.29, 1.82) is 0 Å². The summed E-state index contributed by atoms with van der Waals surface area (Å²) in [4.78, 5) is 12.2. The van der Waals surface area contributed by atoms with Crippen LogP contribution in [-0.2, 0) is 16.8 Å². The molecule has 0 aliphatic carbocycles. The second kappa shape index (κ2) is 9.50. The lowest BCUT2D eigenvalue weighted by Gasteiger charge is -2.33. The van der Waals surface area contributed by atoms with Crippen LogP contribution in [0.3, 0.4) is 0 Å². The summed E-state index contributed by atoms with van der Waals surface area (Å²) in [6.07, 6.45) is 6.45. The van der Waals surface area contributed by atoms with Gasteiger partial charge in [-0.2, -0.15) is 0 Å². The molecular formula is C27H31N3O3. The molecule has 0 fully saturated rings. The fourth-order valence-electron chi connectivity index (χ4n) is 4.33. The SMILES string of the molecule is C#CCn1c(O)c(N=NC(=O)COc2ccc(C(C)(C)CC(C)(C)C)cc2)c2ccccc21. The smallest absolute Gasteiger partial charge is 0.302 e. The molecule has 1 aromatic heterocycles. The van der Waals surface area contributed by atoms with E-state index in [0.717, 1.165) is 11.9 Å². The molecule has 3 aromatic rings. The summed E-state index contributed by atoms with van der Waals surface area (Å²) < 4.78 is 7.14. The zero-order valence-corrected chi connectivity index (χ0v) is 19.9. The van der Waals surface area contributed by atoms with E-state index in [1.807, 2.05) is 42.5 Å². The number of terminal acetylenes is 1. The van der Waals surface area contributed by atoms with Crippen LogP contribution < -0.4 is 4.74 Å². The molecule has 3 rings (SSSR count). The van der Waals surface area contributed by atoms with Crippen molar-refractivity contribution >= 4 is 22.5 Å². The highest BCUT2D eigenvalue weighted by atomic mass is 16.5. The Balaban J connectivity index is 1.67. The Kier molecular flexibility index (Phi) is 6.92. The monoisotopic (exact) mass is 445 g/mol. The van der Waals surface area contributed by atoms with E-state index in [4.69, 9.17) is 11.2 Å². The minimum atomic E-state index is -0.555. The van der Waals surface area contributed by atoms with Crippen LogP contribution in [0.15, 0.2) is 58.8 Å². The lowest BCUT2D eigenvalue weighted by Crippen LogP contribution is -2.24. The number of aromatic hydroxyl groups is 1. The molecule has 1 heterocycles.